The molecule has 86 valence electrons. The number of rotatable bonds is 2. The average molecular weight is 302 g/mol. The van der Waals surface area contributed by atoms with E-state index in [-0.39, 0.29) is 11.9 Å². The minimum atomic E-state index is -0.106. The Morgan fingerprint density at radius 2 is 2.56 bits per heavy atom. The van der Waals surface area contributed by atoms with Gasteiger partial charge in [-0.3, -0.25) is 4.79 Å². The summed E-state index contributed by atoms with van der Waals surface area (Å²) in [5.74, 6) is 1.89. The molecule has 0 saturated carbocycles. The molecule has 1 aliphatic heterocycles. The summed E-state index contributed by atoms with van der Waals surface area (Å²) in [7, 11) is 0. The SMILES string of the molecule is O=C(Nc1cccnc1Br)C1CSCCN1. The first-order chi connectivity index (χ1) is 7.77. The van der Waals surface area contributed by atoms with Crippen LogP contribution in [0, 0.1) is 0 Å². The van der Waals surface area contributed by atoms with E-state index in [0.29, 0.717) is 10.3 Å². The Bertz CT molecular complexity index is 382. The van der Waals surface area contributed by atoms with E-state index < -0.39 is 0 Å². The van der Waals surface area contributed by atoms with Gasteiger partial charge in [0.1, 0.15) is 4.60 Å². The number of thioether (sulfide) groups is 1. The fourth-order valence-corrected chi connectivity index (χ4v) is 2.72. The molecule has 0 bridgehead atoms. The number of pyridine rings is 1. The van der Waals surface area contributed by atoms with Gasteiger partial charge in [-0.15, -0.1) is 0 Å². The van der Waals surface area contributed by atoms with Gasteiger partial charge in [0, 0.05) is 24.2 Å². The quantitative estimate of drug-likeness (QED) is 0.813. The Hall–Kier alpha value is -0.590. The highest BCUT2D eigenvalue weighted by Crippen LogP contribution is 2.19. The van der Waals surface area contributed by atoms with Crippen LogP contribution in [0.25, 0.3) is 0 Å². The summed E-state index contributed by atoms with van der Waals surface area (Å²) in [4.78, 5) is 15.9. The number of anilines is 1. The van der Waals surface area contributed by atoms with Crippen LogP contribution < -0.4 is 10.6 Å². The largest absolute Gasteiger partial charge is 0.322 e. The monoisotopic (exact) mass is 301 g/mol. The van der Waals surface area contributed by atoms with Crippen molar-refractivity contribution < 1.29 is 4.79 Å². The van der Waals surface area contributed by atoms with Crippen LogP contribution >= 0.6 is 27.7 Å². The Labute approximate surface area is 107 Å². The minimum Gasteiger partial charge on any atom is -0.322 e. The summed E-state index contributed by atoms with van der Waals surface area (Å²) in [5, 5.41) is 6.05. The van der Waals surface area contributed by atoms with Gasteiger partial charge in [-0.05, 0) is 28.1 Å². The molecule has 1 fully saturated rings. The number of carbonyl (C=O) groups is 1. The molecule has 2 heterocycles. The molecular weight excluding hydrogens is 290 g/mol. The maximum Gasteiger partial charge on any atom is 0.242 e. The standard InChI is InChI=1S/C10H12BrN3OS/c11-9-7(2-1-3-13-9)14-10(15)8-6-16-5-4-12-8/h1-3,8,12H,4-6H2,(H,14,15). The molecule has 2 rings (SSSR count). The van der Waals surface area contributed by atoms with Crippen molar-refractivity contribution in [3.05, 3.63) is 22.9 Å². The molecule has 0 aliphatic carbocycles. The van der Waals surface area contributed by atoms with Crippen LogP contribution in [-0.2, 0) is 4.79 Å². The van der Waals surface area contributed by atoms with Gasteiger partial charge in [0.25, 0.3) is 0 Å². The predicted octanol–water partition coefficient (Wildman–Crippen LogP) is 1.49. The molecule has 0 spiro atoms. The smallest absolute Gasteiger partial charge is 0.242 e. The normalized spacial score (nSPS) is 20.4. The summed E-state index contributed by atoms with van der Waals surface area (Å²) >= 11 is 5.09. The summed E-state index contributed by atoms with van der Waals surface area (Å²) in [5.41, 5.74) is 0.713. The molecule has 1 saturated heterocycles. The molecular formula is C10H12BrN3OS. The van der Waals surface area contributed by atoms with Crippen LogP contribution in [0.2, 0.25) is 0 Å². The second-order valence-corrected chi connectivity index (χ2v) is 5.31. The van der Waals surface area contributed by atoms with Crippen molar-refractivity contribution in [1.29, 1.82) is 0 Å². The van der Waals surface area contributed by atoms with Crippen LogP contribution in [0.5, 0.6) is 0 Å². The summed E-state index contributed by atoms with van der Waals surface area (Å²) in [6.45, 7) is 0.886. The summed E-state index contributed by atoms with van der Waals surface area (Å²) in [6, 6.07) is 3.51. The number of amides is 1. The molecule has 1 unspecified atom stereocenters. The maximum atomic E-state index is 11.9. The molecule has 0 radical (unpaired) electrons. The van der Waals surface area contributed by atoms with Crippen molar-refractivity contribution >= 4 is 39.3 Å². The van der Waals surface area contributed by atoms with Gasteiger partial charge in [0.05, 0.1) is 11.7 Å². The molecule has 0 aromatic carbocycles. The van der Waals surface area contributed by atoms with Crippen molar-refractivity contribution in [1.82, 2.24) is 10.3 Å². The lowest BCUT2D eigenvalue weighted by Crippen LogP contribution is -2.46. The molecule has 4 nitrogen and oxygen atoms in total. The molecule has 1 aliphatic rings. The summed E-state index contributed by atoms with van der Waals surface area (Å²) < 4.78 is 0.659. The van der Waals surface area contributed by atoms with E-state index >= 15 is 0 Å². The lowest BCUT2D eigenvalue weighted by atomic mass is 10.3. The highest BCUT2D eigenvalue weighted by Gasteiger charge is 2.21. The zero-order chi connectivity index (χ0) is 11.4. The van der Waals surface area contributed by atoms with Crippen molar-refractivity contribution in [2.24, 2.45) is 0 Å². The molecule has 16 heavy (non-hydrogen) atoms. The third kappa shape index (κ3) is 2.96. The number of aromatic nitrogens is 1. The van der Waals surface area contributed by atoms with Crippen molar-refractivity contribution in [2.45, 2.75) is 6.04 Å². The van der Waals surface area contributed by atoms with Gasteiger partial charge in [-0.1, -0.05) is 0 Å². The number of halogens is 1. The van der Waals surface area contributed by atoms with Gasteiger partial charge in [-0.25, -0.2) is 4.98 Å². The topological polar surface area (TPSA) is 54.0 Å². The van der Waals surface area contributed by atoms with E-state index in [1.807, 2.05) is 6.07 Å². The van der Waals surface area contributed by atoms with E-state index in [9.17, 15) is 4.79 Å². The first-order valence-corrected chi connectivity index (χ1v) is 6.94. The minimum absolute atomic E-state index is 0.000833. The van der Waals surface area contributed by atoms with Gasteiger partial charge < -0.3 is 10.6 Å². The lowest BCUT2D eigenvalue weighted by Gasteiger charge is -2.22. The lowest BCUT2D eigenvalue weighted by molar-refractivity contribution is -0.117. The number of nitrogens with one attached hydrogen (secondary N) is 2. The zero-order valence-electron chi connectivity index (χ0n) is 8.57. The molecule has 2 N–H and O–H groups in total. The number of hydrogen-bond donors (Lipinski definition) is 2. The second kappa shape index (κ2) is 5.65. The maximum absolute atomic E-state index is 11.9. The Morgan fingerprint density at radius 1 is 1.69 bits per heavy atom. The Balaban J connectivity index is 1.99. The summed E-state index contributed by atoms with van der Waals surface area (Å²) in [6.07, 6.45) is 1.68. The fourth-order valence-electron chi connectivity index (χ4n) is 1.43. The zero-order valence-corrected chi connectivity index (χ0v) is 11.0. The molecule has 1 aromatic rings. The number of hydrogen-bond acceptors (Lipinski definition) is 4. The number of nitrogens with zero attached hydrogens (tertiary/aromatic N) is 1. The third-order valence-corrected chi connectivity index (χ3v) is 3.95. The van der Waals surface area contributed by atoms with Crippen LogP contribution in [0.15, 0.2) is 22.9 Å². The highest BCUT2D eigenvalue weighted by molar-refractivity contribution is 9.10. The van der Waals surface area contributed by atoms with Crippen LogP contribution in [0.1, 0.15) is 0 Å². The van der Waals surface area contributed by atoms with E-state index in [1.54, 1.807) is 24.0 Å². The molecule has 1 atom stereocenters. The number of carbonyl (C=O) groups excluding carboxylic acids is 1. The van der Waals surface area contributed by atoms with Crippen LogP contribution in [0.3, 0.4) is 0 Å². The highest BCUT2D eigenvalue weighted by atomic mass is 79.9. The van der Waals surface area contributed by atoms with Crippen LogP contribution in [0.4, 0.5) is 5.69 Å². The fraction of sp³-hybridized carbons (Fsp3) is 0.400. The van der Waals surface area contributed by atoms with Crippen molar-refractivity contribution in [3.63, 3.8) is 0 Å². The van der Waals surface area contributed by atoms with E-state index in [4.69, 9.17) is 0 Å². The van der Waals surface area contributed by atoms with Crippen molar-refractivity contribution in [3.8, 4) is 0 Å². The van der Waals surface area contributed by atoms with E-state index in [2.05, 4.69) is 31.5 Å². The molecule has 1 amide bonds. The first-order valence-electron chi connectivity index (χ1n) is 5.00. The molecule has 1 aromatic heterocycles. The first kappa shape index (κ1) is 11.9. The van der Waals surface area contributed by atoms with Crippen molar-refractivity contribution in [2.75, 3.05) is 23.4 Å². The van der Waals surface area contributed by atoms with Gasteiger partial charge in [-0.2, -0.15) is 11.8 Å². The second-order valence-electron chi connectivity index (χ2n) is 3.41. The average Bonchev–Trinajstić information content (AvgIpc) is 2.33. The Kier molecular flexibility index (Phi) is 4.20. The predicted molar refractivity (Wildman–Crippen MR) is 69.7 cm³/mol. The van der Waals surface area contributed by atoms with Gasteiger partial charge >= 0.3 is 0 Å². The molecule has 6 heteroatoms. The van der Waals surface area contributed by atoms with E-state index in [0.717, 1.165) is 18.1 Å². The third-order valence-electron chi connectivity index (χ3n) is 2.26. The van der Waals surface area contributed by atoms with E-state index in [1.165, 1.54) is 0 Å². The van der Waals surface area contributed by atoms with Crippen LogP contribution in [-0.4, -0.2) is 35.0 Å². The Morgan fingerprint density at radius 3 is 3.25 bits per heavy atom. The van der Waals surface area contributed by atoms with Gasteiger partial charge in [0.2, 0.25) is 5.91 Å². The van der Waals surface area contributed by atoms with Gasteiger partial charge in [0.15, 0.2) is 0 Å².